The van der Waals surface area contributed by atoms with Crippen molar-refractivity contribution in [2.45, 2.75) is 52.1 Å². The molecule has 1 heterocycles. The molecule has 0 radical (unpaired) electrons. The molecule has 18 heavy (non-hydrogen) atoms. The lowest BCUT2D eigenvalue weighted by Crippen LogP contribution is -2.58. The number of ether oxygens (including phenoxy) is 1. The summed E-state index contributed by atoms with van der Waals surface area (Å²) in [5.41, 5.74) is 0.605. The summed E-state index contributed by atoms with van der Waals surface area (Å²) in [6.45, 7) is 4.24. The average Bonchev–Trinajstić information content (AvgIpc) is 2.68. The standard InChI is InChI=1S/C15H22O3/c1-10-4-5-11-12(8-10)18-13(17)15(9-16)7-3-6-14(11,15)2/h8,11-12,16H,3-7,9H2,1-2H3/t11-,12+,14-,15?/m1/s1. The molecule has 3 nitrogen and oxygen atoms in total. The monoisotopic (exact) mass is 250 g/mol. The molecule has 1 N–H and O–H groups in total. The minimum absolute atomic E-state index is 0.0611. The topological polar surface area (TPSA) is 46.5 Å². The smallest absolute Gasteiger partial charge is 0.315 e. The molecule has 3 heteroatoms. The van der Waals surface area contributed by atoms with Crippen LogP contribution in [0.15, 0.2) is 11.6 Å². The van der Waals surface area contributed by atoms with Crippen LogP contribution in [0, 0.1) is 16.7 Å². The third kappa shape index (κ3) is 1.31. The number of allylic oxidation sites excluding steroid dienone is 1. The Labute approximate surface area is 108 Å². The van der Waals surface area contributed by atoms with Gasteiger partial charge < -0.3 is 9.84 Å². The molecule has 0 aromatic heterocycles. The fraction of sp³-hybridized carbons (Fsp3) is 0.800. The molecule has 3 aliphatic rings. The van der Waals surface area contributed by atoms with E-state index in [4.69, 9.17) is 4.74 Å². The summed E-state index contributed by atoms with van der Waals surface area (Å²) < 4.78 is 5.66. The van der Waals surface area contributed by atoms with Gasteiger partial charge >= 0.3 is 5.97 Å². The van der Waals surface area contributed by atoms with Crippen molar-refractivity contribution < 1.29 is 14.6 Å². The van der Waals surface area contributed by atoms with Gasteiger partial charge in [-0.25, -0.2) is 0 Å². The van der Waals surface area contributed by atoms with E-state index in [9.17, 15) is 9.90 Å². The lowest BCUT2D eigenvalue weighted by atomic mass is 9.55. The molecular formula is C15H22O3. The van der Waals surface area contributed by atoms with Crippen molar-refractivity contribution in [3.63, 3.8) is 0 Å². The summed E-state index contributed by atoms with van der Waals surface area (Å²) in [5, 5.41) is 9.81. The molecule has 1 saturated carbocycles. The van der Waals surface area contributed by atoms with E-state index in [2.05, 4.69) is 19.9 Å². The first-order valence-corrected chi connectivity index (χ1v) is 7.03. The van der Waals surface area contributed by atoms with Gasteiger partial charge in [-0.15, -0.1) is 0 Å². The number of carbonyl (C=O) groups is 1. The summed E-state index contributed by atoms with van der Waals surface area (Å²) in [6.07, 6.45) is 7.08. The molecule has 0 aromatic carbocycles. The van der Waals surface area contributed by atoms with Crippen LogP contribution in [0.1, 0.15) is 46.0 Å². The Morgan fingerprint density at radius 1 is 1.50 bits per heavy atom. The van der Waals surface area contributed by atoms with Crippen molar-refractivity contribution >= 4 is 5.97 Å². The second-order valence-corrected chi connectivity index (χ2v) is 6.54. The number of fused-ring (bicyclic) bond motifs is 3. The van der Waals surface area contributed by atoms with Crippen molar-refractivity contribution in [1.29, 1.82) is 0 Å². The molecule has 1 saturated heterocycles. The zero-order valence-electron chi connectivity index (χ0n) is 11.2. The first-order chi connectivity index (χ1) is 8.53. The Balaban J connectivity index is 2.05. The van der Waals surface area contributed by atoms with Gasteiger partial charge in [0.15, 0.2) is 0 Å². The molecule has 0 aromatic rings. The fourth-order valence-corrected chi connectivity index (χ4v) is 4.54. The summed E-state index contributed by atoms with van der Waals surface area (Å²) in [6, 6.07) is 0. The van der Waals surface area contributed by atoms with Crippen LogP contribution >= 0.6 is 0 Å². The van der Waals surface area contributed by atoms with E-state index in [0.29, 0.717) is 5.92 Å². The number of hydrogen-bond acceptors (Lipinski definition) is 3. The Bertz CT molecular complexity index is 414. The van der Waals surface area contributed by atoms with Gasteiger partial charge in [0.25, 0.3) is 0 Å². The van der Waals surface area contributed by atoms with Crippen LogP contribution < -0.4 is 0 Å². The second-order valence-electron chi connectivity index (χ2n) is 6.54. The quantitative estimate of drug-likeness (QED) is 0.574. The van der Waals surface area contributed by atoms with Gasteiger partial charge in [-0.2, -0.15) is 0 Å². The first kappa shape index (κ1) is 12.2. The summed E-state index contributed by atoms with van der Waals surface area (Å²) in [7, 11) is 0. The first-order valence-electron chi connectivity index (χ1n) is 7.03. The van der Waals surface area contributed by atoms with Crippen LogP contribution in [-0.2, 0) is 9.53 Å². The van der Waals surface area contributed by atoms with Gasteiger partial charge in [0.05, 0.1) is 12.0 Å². The molecular weight excluding hydrogens is 228 g/mol. The van der Waals surface area contributed by atoms with Gasteiger partial charge in [0.1, 0.15) is 6.10 Å². The predicted octanol–water partition coefficient (Wildman–Crippen LogP) is 2.44. The highest BCUT2D eigenvalue weighted by Gasteiger charge is 2.65. The van der Waals surface area contributed by atoms with Crippen LogP contribution in [0.25, 0.3) is 0 Å². The summed E-state index contributed by atoms with van der Waals surface area (Å²) in [5.74, 6) is 0.214. The third-order valence-corrected chi connectivity index (χ3v) is 5.81. The molecule has 2 aliphatic carbocycles. The molecule has 4 atom stereocenters. The van der Waals surface area contributed by atoms with Gasteiger partial charge in [-0.3, -0.25) is 4.79 Å². The maximum absolute atomic E-state index is 12.4. The Hall–Kier alpha value is -0.830. The maximum atomic E-state index is 12.4. The van der Waals surface area contributed by atoms with Crippen LogP contribution in [-0.4, -0.2) is 23.8 Å². The van der Waals surface area contributed by atoms with Gasteiger partial charge in [-0.1, -0.05) is 18.9 Å². The van der Waals surface area contributed by atoms with E-state index in [1.807, 2.05) is 0 Å². The van der Waals surface area contributed by atoms with Gasteiger partial charge in [0.2, 0.25) is 0 Å². The van der Waals surface area contributed by atoms with Crippen molar-refractivity contribution in [3.05, 3.63) is 11.6 Å². The van der Waals surface area contributed by atoms with Gasteiger partial charge in [0, 0.05) is 5.92 Å². The normalized spacial score (nSPS) is 47.1. The number of esters is 1. The number of aliphatic hydroxyl groups excluding tert-OH is 1. The second kappa shape index (κ2) is 3.83. The number of aliphatic hydroxyl groups is 1. The van der Waals surface area contributed by atoms with Crippen LogP contribution in [0.5, 0.6) is 0 Å². The highest BCUT2D eigenvalue weighted by Crippen LogP contribution is 2.62. The average molecular weight is 250 g/mol. The Morgan fingerprint density at radius 3 is 3.00 bits per heavy atom. The Kier molecular flexibility index (Phi) is 2.60. The SMILES string of the molecule is CC1=C[C@@H]2OC(=O)C3(CO)CCC[C@]3(C)[C@@H]2CC1. The minimum atomic E-state index is -0.632. The van der Waals surface area contributed by atoms with Crippen molar-refractivity contribution in [2.75, 3.05) is 6.61 Å². The summed E-state index contributed by atoms with van der Waals surface area (Å²) >= 11 is 0. The fourth-order valence-electron chi connectivity index (χ4n) is 4.54. The van der Waals surface area contributed by atoms with Gasteiger partial charge in [-0.05, 0) is 44.1 Å². The molecule has 1 aliphatic heterocycles. The van der Waals surface area contributed by atoms with Crippen molar-refractivity contribution in [3.8, 4) is 0 Å². The van der Waals surface area contributed by atoms with Crippen LogP contribution in [0.3, 0.4) is 0 Å². The molecule has 1 unspecified atom stereocenters. The molecule has 100 valence electrons. The minimum Gasteiger partial charge on any atom is -0.457 e. The largest absolute Gasteiger partial charge is 0.457 e. The Morgan fingerprint density at radius 2 is 2.28 bits per heavy atom. The van der Waals surface area contributed by atoms with E-state index in [1.165, 1.54) is 5.57 Å². The lowest BCUT2D eigenvalue weighted by molar-refractivity contribution is -0.200. The van der Waals surface area contributed by atoms with Crippen molar-refractivity contribution in [1.82, 2.24) is 0 Å². The number of hydrogen-bond donors (Lipinski definition) is 1. The van der Waals surface area contributed by atoms with E-state index in [-0.39, 0.29) is 24.1 Å². The molecule has 0 spiro atoms. The maximum Gasteiger partial charge on any atom is 0.315 e. The van der Waals surface area contributed by atoms with E-state index >= 15 is 0 Å². The van der Waals surface area contributed by atoms with E-state index < -0.39 is 5.41 Å². The highest BCUT2D eigenvalue weighted by atomic mass is 16.5. The lowest BCUT2D eigenvalue weighted by Gasteiger charge is -2.53. The zero-order chi connectivity index (χ0) is 13.0. The van der Waals surface area contributed by atoms with E-state index in [1.54, 1.807) is 0 Å². The third-order valence-electron chi connectivity index (χ3n) is 5.81. The summed E-state index contributed by atoms with van der Waals surface area (Å²) in [4.78, 5) is 12.4. The molecule has 0 bridgehead atoms. The molecule has 2 fully saturated rings. The number of carbonyl (C=O) groups excluding carboxylic acids is 1. The highest BCUT2D eigenvalue weighted by molar-refractivity contribution is 5.80. The zero-order valence-corrected chi connectivity index (χ0v) is 11.2. The van der Waals surface area contributed by atoms with Crippen molar-refractivity contribution in [2.24, 2.45) is 16.7 Å². The number of rotatable bonds is 1. The van der Waals surface area contributed by atoms with E-state index in [0.717, 1.165) is 32.1 Å². The predicted molar refractivity (Wildman–Crippen MR) is 67.8 cm³/mol. The molecule has 3 rings (SSSR count). The van der Waals surface area contributed by atoms with Crippen LogP contribution in [0.2, 0.25) is 0 Å². The van der Waals surface area contributed by atoms with Crippen LogP contribution in [0.4, 0.5) is 0 Å². The molecule has 0 amide bonds.